The topological polar surface area (TPSA) is 131 Å². The summed E-state index contributed by atoms with van der Waals surface area (Å²) >= 11 is 0. The van der Waals surface area contributed by atoms with E-state index in [0.29, 0.717) is 31.3 Å². The molecule has 9 nitrogen and oxygen atoms in total. The van der Waals surface area contributed by atoms with Gasteiger partial charge in [-0.15, -0.1) is 0 Å². The molecule has 0 fully saturated rings. The highest BCUT2D eigenvalue weighted by Crippen LogP contribution is 2.29. The number of carbonyl (C=O) groups is 3. The highest BCUT2D eigenvalue weighted by Gasteiger charge is 2.34. The minimum absolute atomic E-state index is 0.0326. The first-order valence-electron chi connectivity index (χ1n) is 12.9. The Labute approximate surface area is 219 Å². The Kier molecular flexibility index (Phi) is 11.7. The van der Waals surface area contributed by atoms with Crippen LogP contribution >= 0.6 is 0 Å². The third-order valence-electron chi connectivity index (χ3n) is 7.38. The van der Waals surface area contributed by atoms with E-state index in [1.54, 1.807) is 13.8 Å². The summed E-state index contributed by atoms with van der Waals surface area (Å²) in [4.78, 5) is 38.9. The van der Waals surface area contributed by atoms with Gasteiger partial charge in [0.15, 0.2) is 5.76 Å². The molecule has 3 N–H and O–H groups in total. The number of methoxy groups -OCH3 is 3. The molecule has 7 atom stereocenters. The summed E-state index contributed by atoms with van der Waals surface area (Å²) in [7, 11) is 4.39. The third kappa shape index (κ3) is 7.83. The second kappa shape index (κ2) is 14.0. The number of amides is 1. The molecule has 1 amide bonds. The van der Waals surface area contributed by atoms with Crippen LogP contribution in [0.4, 0.5) is 0 Å². The Morgan fingerprint density at radius 1 is 0.973 bits per heavy atom. The van der Waals surface area contributed by atoms with Gasteiger partial charge in [0, 0.05) is 37.7 Å². The van der Waals surface area contributed by atoms with Gasteiger partial charge < -0.3 is 29.7 Å². The molecule has 1 aliphatic carbocycles. The molecule has 1 heterocycles. The Balaban J connectivity index is 2.43. The van der Waals surface area contributed by atoms with Crippen molar-refractivity contribution < 1.29 is 38.8 Å². The smallest absolute Gasteiger partial charge is 0.227 e. The minimum Gasteiger partial charge on any atom is -0.492 e. The summed E-state index contributed by atoms with van der Waals surface area (Å²) < 4.78 is 16.4. The van der Waals surface area contributed by atoms with Crippen LogP contribution in [0.2, 0.25) is 0 Å². The van der Waals surface area contributed by atoms with Gasteiger partial charge in [-0.2, -0.15) is 0 Å². The van der Waals surface area contributed by atoms with Crippen molar-refractivity contribution in [3.63, 3.8) is 0 Å². The highest BCUT2D eigenvalue weighted by atomic mass is 16.5. The zero-order valence-electron chi connectivity index (χ0n) is 23.1. The van der Waals surface area contributed by atoms with Crippen LogP contribution in [0, 0.1) is 17.8 Å². The van der Waals surface area contributed by atoms with E-state index in [0.717, 1.165) is 6.08 Å². The molecule has 2 rings (SSSR count). The number of Topliss-reactive ketones (excluding diaryl/α,β-unsaturated/α-hetero) is 1. The van der Waals surface area contributed by atoms with Crippen LogP contribution < -0.4 is 5.32 Å². The number of hydrogen-bond donors (Lipinski definition) is 3. The van der Waals surface area contributed by atoms with Gasteiger partial charge in [-0.05, 0) is 50.5 Å². The summed E-state index contributed by atoms with van der Waals surface area (Å²) in [5.41, 5.74) is 0.817. The average Bonchev–Trinajstić information content (AvgIpc) is 2.86. The zero-order valence-corrected chi connectivity index (χ0v) is 23.1. The van der Waals surface area contributed by atoms with E-state index in [2.05, 4.69) is 5.32 Å². The van der Waals surface area contributed by atoms with Crippen LogP contribution in [0.25, 0.3) is 0 Å². The number of aliphatic hydroxyl groups is 2. The number of carbonyl (C=O) groups excluding carboxylic acids is 3. The highest BCUT2D eigenvalue weighted by molar-refractivity contribution is 6.22. The van der Waals surface area contributed by atoms with Gasteiger partial charge in [-0.25, -0.2) is 0 Å². The zero-order chi connectivity index (χ0) is 27.9. The van der Waals surface area contributed by atoms with Crippen LogP contribution in [-0.4, -0.2) is 73.4 Å². The number of hydrogen-bond acceptors (Lipinski definition) is 8. The maximum Gasteiger partial charge on any atom is 0.227 e. The molecule has 0 aromatic rings. The van der Waals surface area contributed by atoms with E-state index in [9.17, 15) is 24.6 Å². The molecule has 37 heavy (non-hydrogen) atoms. The van der Waals surface area contributed by atoms with Crippen molar-refractivity contribution in [3.8, 4) is 0 Å². The average molecular weight is 522 g/mol. The predicted molar refractivity (Wildman–Crippen MR) is 138 cm³/mol. The van der Waals surface area contributed by atoms with Gasteiger partial charge in [0.2, 0.25) is 17.5 Å². The summed E-state index contributed by atoms with van der Waals surface area (Å²) in [6.45, 7) is 7.31. The van der Waals surface area contributed by atoms with Gasteiger partial charge in [-0.1, -0.05) is 26.8 Å². The predicted octanol–water partition coefficient (Wildman–Crippen LogP) is 2.61. The first-order valence-corrected chi connectivity index (χ1v) is 12.9. The van der Waals surface area contributed by atoms with Crippen LogP contribution in [-0.2, 0) is 28.6 Å². The molecule has 0 saturated carbocycles. The SMILES string of the molecule is COC1=C2C[C@@H](C)C[C@H](OC)[C@H](O)[C@@H](C)/C=C(\C)[C@H](O)[C@@H](OC)CCCC(C)C(=O)NC(=CC1=O)C2=O. The van der Waals surface area contributed by atoms with Gasteiger partial charge >= 0.3 is 0 Å². The third-order valence-corrected chi connectivity index (χ3v) is 7.38. The van der Waals surface area contributed by atoms with Crippen molar-refractivity contribution >= 4 is 17.5 Å². The summed E-state index contributed by atoms with van der Waals surface area (Å²) in [5, 5.41) is 24.6. The fraction of sp³-hybridized carbons (Fsp3) is 0.679. The molecule has 1 unspecified atom stereocenters. The number of aliphatic hydroxyl groups excluding tert-OH is 2. The Hall–Kier alpha value is -2.33. The monoisotopic (exact) mass is 521 g/mol. The number of ether oxygens (including phenoxy) is 3. The second-order valence-electron chi connectivity index (χ2n) is 10.4. The lowest BCUT2D eigenvalue weighted by atomic mass is 9.85. The number of fused-ring (bicyclic) bond motifs is 2. The molecule has 1 aliphatic heterocycles. The molecule has 9 heteroatoms. The van der Waals surface area contributed by atoms with E-state index >= 15 is 0 Å². The maximum atomic E-state index is 13.3. The first kappa shape index (κ1) is 30.9. The number of ketones is 2. The van der Waals surface area contributed by atoms with Gasteiger partial charge in [0.25, 0.3) is 0 Å². The van der Waals surface area contributed by atoms with Crippen molar-refractivity contribution in [1.82, 2.24) is 5.32 Å². The molecular weight excluding hydrogens is 478 g/mol. The fourth-order valence-corrected chi connectivity index (χ4v) is 5.04. The van der Waals surface area contributed by atoms with E-state index < -0.39 is 41.9 Å². The minimum atomic E-state index is -0.868. The summed E-state index contributed by atoms with van der Waals surface area (Å²) in [5.74, 6) is -2.23. The summed E-state index contributed by atoms with van der Waals surface area (Å²) in [6.07, 6.45) is 2.41. The lowest BCUT2D eigenvalue weighted by molar-refractivity contribution is -0.125. The van der Waals surface area contributed by atoms with Gasteiger partial charge in [-0.3, -0.25) is 14.4 Å². The van der Waals surface area contributed by atoms with E-state index in [4.69, 9.17) is 14.2 Å². The molecule has 0 aromatic carbocycles. The van der Waals surface area contributed by atoms with Crippen molar-refractivity contribution in [1.29, 1.82) is 0 Å². The number of allylic oxidation sites excluding steroid dienone is 2. The largest absolute Gasteiger partial charge is 0.492 e. The molecule has 0 saturated heterocycles. The number of nitrogens with one attached hydrogen (secondary N) is 1. The molecule has 0 aromatic heterocycles. The quantitative estimate of drug-likeness (QED) is 0.382. The van der Waals surface area contributed by atoms with Gasteiger partial charge in [0.1, 0.15) is 6.10 Å². The van der Waals surface area contributed by atoms with Crippen molar-refractivity contribution in [3.05, 3.63) is 34.8 Å². The summed E-state index contributed by atoms with van der Waals surface area (Å²) in [6, 6.07) is 0. The van der Waals surface area contributed by atoms with Crippen molar-refractivity contribution in [2.24, 2.45) is 17.8 Å². The number of rotatable bonds is 3. The van der Waals surface area contributed by atoms with Crippen LogP contribution in [0.15, 0.2) is 34.8 Å². The van der Waals surface area contributed by atoms with Crippen LogP contribution in [0.5, 0.6) is 0 Å². The van der Waals surface area contributed by atoms with Crippen molar-refractivity contribution in [2.75, 3.05) is 21.3 Å². The molecular formula is C28H43NO8. The Morgan fingerprint density at radius 2 is 1.62 bits per heavy atom. The van der Waals surface area contributed by atoms with Crippen molar-refractivity contribution in [2.45, 2.75) is 84.2 Å². The van der Waals surface area contributed by atoms with E-state index in [1.807, 2.05) is 19.9 Å². The molecule has 0 radical (unpaired) electrons. The first-order chi connectivity index (χ1) is 17.4. The second-order valence-corrected chi connectivity index (χ2v) is 10.4. The molecule has 2 bridgehead atoms. The Bertz CT molecular complexity index is 936. The lowest BCUT2D eigenvalue weighted by Crippen LogP contribution is -2.36. The van der Waals surface area contributed by atoms with E-state index in [-0.39, 0.29) is 41.2 Å². The maximum absolute atomic E-state index is 13.3. The van der Waals surface area contributed by atoms with Crippen LogP contribution in [0.1, 0.15) is 59.8 Å². The molecule has 208 valence electrons. The van der Waals surface area contributed by atoms with Crippen LogP contribution in [0.3, 0.4) is 0 Å². The standard InChI is InChI=1S/C28H43NO8/c1-15-11-19-26(33)20(14-21(30)27(19)37-7)29-28(34)16(2)9-8-10-22(35-5)24(31)17(3)13-18(4)25(32)23(12-15)36-6/h13-16,18,22-25,31-32H,8-12H2,1-7H3,(H,29,34)/b17-13+/t15-,16?,18+,22+,23+,24+,25-/m1/s1. The fourth-order valence-electron chi connectivity index (χ4n) is 5.04. The normalized spacial score (nSPS) is 34.9. The molecule has 0 spiro atoms. The molecule has 2 aliphatic rings. The van der Waals surface area contributed by atoms with E-state index in [1.165, 1.54) is 21.3 Å². The lowest BCUT2D eigenvalue weighted by Gasteiger charge is -2.29. The van der Waals surface area contributed by atoms with Gasteiger partial charge in [0.05, 0.1) is 31.1 Å². The Morgan fingerprint density at radius 3 is 2.22 bits per heavy atom.